The summed E-state index contributed by atoms with van der Waals surface area (Å²) in [5.41, 5.74) is 0. The molecule has 0 saturated carbocycles. The molecular formula is C9H20O3. The summed E-state index contributed by atoms with van der Waals surface area (Å²) in [6.07, 6.45) is -0.497. The van der Waals surface area contributed by atoms with Crippen molar-refractivity contribution in [3.05, 3.63) is 0 Å². The van der Waals surface area contributed by atoms with Crippen molar-refractivity contribution in [2.75, 3.05) is 13.2 Å². The Morgan fingerprint density at radius 1 is 1.25 bits per heavy atom. The van der Waals surface area contributed by atoms with E-state index in [9.17, 15) is 10.2 Å². The zero-order chi connectivity index (χ0) is 9.56. The van der Waals surface area contributed by atoms with Crippen molar-refractivity contribution in [2.24, 2.45) is 5.92 Å². The summed E-state index contributed by atoms with van der Waals surface area (Å²) >= 11 is 0. The van der Waals surface area contributed by atoms with Crippen LogP contribution in [0.2, 0.25) is 0 Å². The number of hydrogen-bond acceptors (Lipinski definition) is 3. The van der Waals surface area contributed by atoms with E-state index in [1.807, 2.05) is 20.8 Å². The zero-order valence-electron chi connectivity index (χ0n) is 8.16. The van der Waals surface area contributed by atoms with E-state index in [4.69, 9.17) is 4.74 Å². The maximum absolute atomic E-state index is 9.36. The van der Waals surface area contributed by atoms with Crippen LogP contribution in [0.1, 0.15) is 27.2 Å². The van der Waals surface area contributed by atoms with Crippen LogP contribution in [0, 0.1) is 5.92 Å². The first-order valence-electron chi connectivity index (χ1n) is 4.53. The van der Waals surface area contributed by atoms with Gasteiger partial charge in [0.05, 0.1) is 12.7 Å². The molecule has 0 heterocycles. The summed E-state index contributed by atoms with van der Waals surface area (Å²) in [4.78, 5) is 0. The Bertz CT molecular complexity index is 104. The Morgan fingerprint density at radius 3 is 2.25 bits per heavy atom. The van der Waals surface area contributed by atoms with E-state index in [1.54, 1.807) is 0 Å². The van der Waals surface area contributed by atoms with Gasteiger partial charge < -0.3 is 14.9 Å². The van der Waals surface area contributed by atoms with Crippen molar-refractivity contribution < 1.29 is 14.9 Å². The van der Waals surface area contributed by atoms with Gasteiger partial charge >= 0.3 is 0 Å². The van der Waals surface area contributed by atoms with Gasteiger partial charge in [-0.2, -0.15) is 0 Å². The molecular weight excluding hydrogens is 156 g/mol. The molecule has 0 rings (SSSR count). The molecule has 0 aromatic carbocycles. The topological polar surface area (TPSA) is 49.7 Å². The van der Waals surface area contributed by atoms with Crippen molar-refractivity contribution in [1.29, 1.82) is 0 Å². The van der Waals surface area contributed by atoms with Crippen LogP contribution in [0.25, 0.3) is 0 Å². The highest BCUT2D eigenvalue weighted by atomic mass is 16.5. The third-order valence-corrected chi connectivity index (χ3v) is 1.71. The minimum atomic E-state index is -0.753. The van der Waals surface area contributed by atoms with E-state index in [1.165, 1.54) is 0 Å². The monoisotopic (exact) mass is 176 g/mol. The van der Waals surface area contributed by atoms with Gasteiger partial charge in [0.15, 0.2) is 0 Å². The highest BCUT2D eigenvalue weighted by molar-refractivity contribution is 4.69. The second kappa shape index (κ2) is 6.40. The first kappa shape index (κ1) is 11.9. The quantitative estimate of drug-likeness (QED) is 0.588. The molecule has 2 unspecified atom stereocenters. The minimum Gasteiger partial charge on any atom is -0.390 e. The number of aliphatic hydroxyl groups is 2. The van der Waals surface area contributed by atoms with Crippen LogP contribution in [0.3, 0.4) is 0 Å². The molecule has 3 heteroatoms. The lowest BCUT2D eigenvalue weighted by Crippen LogP contribution is -2.34. The Kier molecular flexibility index (Phi) is 6.34. The SMILES string of the molecule is CCCOCC(O)C(O)C(C)C. The Balaban J connectivity index is 3.49. The number of aliphatic hydroxyl groups excluding tert-OH is 2. The Hall–Kier alpha value is -0.120. The molecule has 74 valence electrons. The molecule has 0 aliphatic carbocycles. The molecule has 2 N–H and O–H groups in total. The van der Waals surface area contributed by atoms with E-state index in [-0.39, 0.29) is 12.5 Å². The molecule has 0 aromatic rings. The summed E-state index contributed by atoms with van der Waals surface area (Å²) in [6.45, 7) is 6.61. The van der Waals surface area contributed by atoms with E-state index < -0.39 is 12.2 Å². The molecule has 0 saturated heterocycles. The maximum Gasteiger partial charge on any atom is 0.103 e. The predicted molar refractivity (Wildman–Crippen MR) is 48.0 cm³/mol. The molecule has 12 heavy (non-hydrogen) atoms. The second-order valence-electron chi connectivity index (χ2n) is 3.38. The molecule has 2 atom stereocenters. The van der Waals surface area contributed by atoms with Gasteiger partial charge in [-0.15, -0.1) is 0 Å². The van der Waals surface area contributed by atoms with Crippen molar-refractivity contribution in [3.63, 3.8) is 0 Å². The lowest BCUT2D eigenvalue weighted by Gasteiger charge is -2.20. The molecule has 0 aliphatic heterocycles. The van der Waals surface area contributed by atoms with Crippen molar-refractivity contribution in [2.45, 2.75) is 39.4 Å². The van der Waals surface area contributed by atoms with E-state index in [0.29, 0.717) is 6.61 Å². The van der Waals surface area contributed by atoms with E-state index in [0.717, 1.165) is 6.42 Å². The average molecular weight is 176 g/mol. The predicted octanol–water partition coefficient (Wildman–Crippen LogP) is 0.791. The molecule has 0 aliphatic rings. The second-order valence-corrected chi connectivity index (χ2v) is 3.38. The third kappa shape index (κ3) is 4.70. The van der Waals surface area contributed by atoms with Crippen LogP contribution in [0.15, 0.2) is 0 Å². The fourth-order valence-corrected chi connectivity index (χ4v) is 0.891. The van der Waals surface area contributed by atoms with Crippen LogP contribution in [-0.2, 0) is 4.74 Å². The number of ether oxygens (including phenoxy) is 1. The van der Waals surface area contributed by atoms with Gasteiger partial charge in [-0.25, -0.2) is 0 Å². The van der Waals surface area contributed by atoms with Crippen LogP contribution < -0.4 is 0 Å². The zero-order valence-corrected chi connectivity index (χ0v) is 8.16. The fraction of sp³-hybridized carbons (Fsp3) is 1.00. The first-order chi connectivity index (χ1) is 5.59. The van der Waals surface area contributed by atoms with Crippen LogP contribution in [0.5, 0.6) is 0 Å². The summed E-state index contributed by atoms with van der Waals surface area (Å²) in [7, 11) is 0. The highest BCUT2D eigenvalue weighted by Crippen LogP contribution is 2.06. The standard InChI is InChI=1S/C9H20O3/c1-4-5-12-6-8(10)9(11)7(2)3/h7-11H,4-6H2,1-3H3. The maximum atomic E-state index is 9.36. The molecule has 0 spiro atoms. The molecule has 0 aromatic heterocycles. The summed E-state index contributed by atoms with van der Waals surface area (Å²) in [5.74, 6) is 0.0743. The fourth-order valence-electron chi connectivity index (χ4n) is 0.891. The van der Waals surface area contributed by atoms with Gasteiger partial charge in [-0.3, -0.25) is 0 Å². The summed E-state index contributed by atoms with van der Waals surface area (Å²) in [5, 5.41) is 18.7. The van der Waals surface area contributed by atoms with Crippen LogP contribution in [0.4, 0.5) is 0 Å². The van der Waals surface area contributed by atoms with E-state index >= 15 is 0 Å². The highest BCUT2D eigenvalue weighted by Gasteiger charge is 2.19. The van der Waals surface area contributed by atoms with Crippen LogP contribution >= 0.6 is 0 Å². The first-order valence-corrected chi connectivity index (χ1v) is 4.53. The Morgan fingerprint density at radius 2 is 1.83 bits per heavy atom. The molecule has 0 radical (unpaired) electrons. The van der Waals surface area contributed by atoms with Gasteiger partial charge in [0, 0.05) is 6.61 Å². The molecule has 0 bridgehead atoms. The molecule has 3 nitrogen and oxygen atoms in total. The van der Waals surface area contributed by atoms with Crippen LogP contribution in [-0.4, -0.2) is 35.6 Å². The Labute approximate surface area is 74.4 Å². The third-order valence-electron chi connectivity index (χ3n) is 1.71. The van der Waals surface area contributed by atoms with Crippen molar-refractivity contribution >= 4 is 0 Å². The lowest BCUT2D eigenvalue weighted by atomic mass is 10.0. The lowest BCUT2D eigenvalue weighted by molar-refractivity contribution is -0.0549. The normalized spacial score (nSPS) is 16.5. The van der Waals surface area contributed by atoms with Crippen molar-refractivity contribution in [1.82, 2.24) is 0 Å². The van der Waals surface area contributed by atoms with E-state index in [2.05, 4.69) is 0 Å². The molecule has 0 fully saturated rings. The number of hydrogen-bond donors (Lipinski definition) is 2. The van der Waals surface area contributed by atoms with Gasteiger partial charge in [-0.05, 0) is 12.3 Å². The van der Waals surface area contributed by atoms with Gasteiger partial charge in [0.25, 0.3) is 0 Å². The average Bonchev–Trinajstić information content (AvgIpc) is 2.03. The largest absolute Gasteiger partial charge is 0.390 e. The summed E-state index contributed by atoms with van der Waals surface area (Å²) < 4.78 is 5.11. The van der Waals surface area contributed by atoms with Gasteiger partial charge in [0.2, 0.25) is 0 Å². The minimum absolute atomic E-state index is 0.0743. The van der Waals surface area contributed by atoms with Gasteiger partial charge in [-0.1, -0.05) is 20.8 Å². The smallest absolute Gasteiger partial charge is 0.103 e. The molecule has 0 amide bonds. The number of rotatable bonds is 6. The summed E-state index contributed by atoms with van der Waals surface area (Å²) in [6, 6.07) is 0. The van der Waals surface area contributed by atoms with Crippen molar-refractivity contribution in [3.8, 4) is 0 Å². The van der Waals surface area contributed by atoms with Gasteiger partial charge in [0.1, 0.15) is 6.10 Å².